The third kappa shape index (κ3) is 15.0. The number of rotatable bonds is 20. The summed E-state index contributed by atoms with van der Waals surface area (Å²) >= 11 is 0. The Labute approximate surface area is 289 Å². The number of amides is 3. The maximum absolute atomic E-state index is 13.6. The lowest BCUT2D eigenvalue weighted by Gasteiger charge is -2.34. The lowest BCUT2D eigenvalue weighted by atomic mass is 9.80. The molecule has 11 nitrogen and oxygen atoms in total. The Bertz CT molecular complexity index is 1130. The van der Waals surface area contributed by atoms with Gasteiger partial charge in [0.15, 0.2) is 11.5 Å². The number of nitrogens with one attached hydrogen (secondary N) is 2. The number of hydrogen-bond donors (Lipinski definition) is 3. The highest BCUT2D eigenvalue weighted by Crippen LogP contribution is 2.32. The van der Waals surface area contributed by atoms with Crippen molar-refractivity contribution < 1.29 is 38.4 Å². The summed E-state index contributed by atoms with van der Waals surface area (Å²) < 4.78 is 22.2. The van der Waals surface area contributed by atoms with Crippen molar-refractivity contribution in [2.75, 3.05) is 41.5 Å². The number of carbonyl (C=O) groups is 3. The first-order chi connectivity index (χ1) is 22.3. The monoisotopic (exact) mass is 679 g/mol. The molecule has 0 fully saturated rings. The minimum Gasteiger partial charge on any atom is -0.493 e. The van der Waals surface area contributed by atoms with Crippen LogP contribution < -0.4 is 20.1 Å². The zero-order valence-corrected chi connectivity index (χ0v) is 31.8. The second-order valence-corrected chi connectivity index (χ2v) is 15.0. The number of aliphatic hydroxyl groups is 1. The predicted octanol–water partition coefficient (Wildman–Crippen LogP) is 5.46. The minimum atomic E-state index is -1.06. The lowest BCUT2D eigenvalue weighted by Crippen LogP contribution is -2.52. The van der Waals surface area contributed by atoms with Gasteiger partial charge in [0, 0.05) is 40.2 Å². The van der Waals surface area contributed by atoms with Crippen LogP contribution in [-0.4, -0.2) is 93.2 Å². The molecule has 1 rings (SSSR count). The van der Waals surface area contributed by atoms with Crippen LogP contribution in [0.25, 0.3) is 0 Å². The molecule has 0 aliphatic rings. The van der Waals surface area contributed by atoms with Gasteiger partial charge in [-0.15, -0.1) is 0 Å². The molecule has 3 N–H and O–H groups in total. The SMILES string of the molecule is COCCCOc1cc(C[C@@H](C[C@H](NC(=O)OC(C)(C)C)[C@@H](O)C[C@H](C(=O)N[C@H](C(=O)N(C)C)C(C)C)C(C)C)C(C)C)ccc1OC. The molecule has 0 bridgehead atoms. The zero-order chi connectivity index (χ0) is 36.8. The molecular formula is C37H65N3O8. The number of methoxy groups -OCH3 is 2. The predicted molar refractivity (Wildman–Crippen MR) is 189 cm³/mol. The van der Waals surface area contributed by atoms with Crippen LogP contribution in [0, 0.1) is 29.6 Å². The van der Waals surface area contributed by atoms with Crippen molar-refractivity contribution in [1.82, 2.24) is 15.5 Å². The molecule has 1 aromatic rings. The molecule has 0 unspecified atom stereocenters. The number of ether oxygens (including phenoxy) is 4. The van der Waals surface area contributed by atoms with Gasteiger partial charge in [-0.1, -0.05) is 47.6 Å². The Morgan fingerprint density at radius 3 is 2.02 bits per heavy atom. The summed E-state index contributed by atoms with van der Waals surface area (Å²) in [6.45, 7) is 18.3. The fraction of sp³-hybridized carbons (Fsp3) is 0.757. The Balaban J connectivity index is 3.34. The lowest BCUT2D eigenvalue weighted by molar-refractivity contribution is -0.137. The standard InChI is InChI=1S/C37H65N3O8/c1-23(2)27(19-26-15-16-31(46-13)32(20-26)47-18-14-17-45-12)21-29(38-36(44)48-37(7,8)9)30(41)22-28(24(3)4)34(42)39-33(25(5)6)35(43)40(10)11/h15-16,20,23-25,27-30,33,41H,14,17-19,21-22H2,1-13H3,(H,38,44)(H,39,42)/t27-,28-,29-,30-,33-/m0/s1. The summed E-state index contributed by atoms with van der Waals surface area (Å²) in [7, 11) is 6.59. The summed E-state index contributed by atoms with van der Waals surface area (Å²) in [5, 5.41) is 17.6. The quantitative estimate of drug-likeness (QED) is 0.155. The molecule has 11 heteroatoms. The van der Waals surface area contributed by atoms with Gasteiger partial charge in [-0.05, 0) is 81.4 Å². The molecule has 0 radical (unpaired) electrons. The molecule has 5 atom stereocenters. The summed E-state index contributed by atoms with van der Waals surface area (Å²) in [5.74, 6) is 0.188. The van der Waals surface area contributed by atoms with Gasteiger partial charge in [-0.3, -0.25) is 9.59 Å². The van der Waals surface area contributed by atoms with Gasteiger partial charge < -0.3 is 39.6 Å². The van der Waals surface area contributed by atoms with Crippen LogP contribution in [0.1, 0.15) is 87.1 Å². The normalized spacial score (nSPS) is 15.0. The van der Waals surface area contributed by atoms with E-state index < -0.39 is 35.8 Å². The van der Waals surface area contributed by atoms with E-state index in [1.807, 2.05) is 45.9 Å². The molecule has 0 aliphatic heterocycles. The summed E-state index contributed by atoms with van der Waals surface area (Å²) in [5.41, 5.74) is 0.303. The molecule has 3 amide bonds. The Morgan fingerprint density at radius 2 is 1.52 bits per heavy atom. The molecule has 0 spiro atoms. The highest BCUT2D eigenvalue weighted by molar-refractivity contribution is 5.88. The molecule has 48 heavy (non-hydrogen) atoms. The fourth-order valence-corrected chi connectivity index (χ4v) is 5.50. The van der Waals surface area contributed by atoms with E-state index >= 15 is 0 Å². The van der Waals surface area contributed by atoms with E-state index in [2.05, 4.69) is 24.5 Å². The average molecular weight is 680 g/mol. The van der Waals surface area contributed by atoms with E-state index in [9.17, 15) is 19.5 Å². The molecule has 1 aromatic carbocycles. The van der Waals surface area contributed by atoms with Crippen molar-refractivity contribution in [3.05, 3.63) is 23.8 Å². The van der Waals surface area contributed by atoms with Gasteiger partial charge in [0.05, 0.1) is 25.9 Å². The average Bonchev–Trinajstić information content (AvgIpc) is 2.98. The van der Waals surface area contributed by atoms with Crippen molar-refractivity contribution in [3.63, 3.8) is 0 Å². The van der Waals surface area contributed by atoms with Crippen molar-refractivity contribution in [2.24, 2.45) is 29.6 Å². The van der Waals surface area contributed by atoms with E-state index in [1.165, 1.54) is 4.90 Å². The number of carbonyl (C=O) groups excluding carboxylic acids is 3. The first kappa shape index (κ1) is 43.0. The third-order valence-electron chi connectivity index (χ3n) is 8.45. The van der Waals surface area contributed by atoms with Gasteiger partial charge in [-0.2, -0.15) is 0 Å². The van der Waals surface area contributed by atoms with Crippen LogP contribution in [0.3, 0.4) is 0 Å². The molecule has 0 heterocycles. The smallest absolute Gasteiger partial charge is 0.407 e. The summed E-state index contributed by atoms with van der Waals surface area (Å²) in [4.78, 5) is 41.0. The molecule has 0 saturated heterocycles. The van der Waals surface area contributed by atoms with E-state index in [0.29, 0.717) is 37.6 Å². The number of hydrogen-bond acceptors (Lipinski definition) is 8. The van der Waals surface area contributed by atoms with Gasteiger partial charge in [-0.25, -0.2) is 4.79 Å². The summed E-state index contributed by atoms with van der Waals surface area (Å²) in [6, 6.07) is 4.48. The number of alkyl carbamates (subject to hydrolysis) is 1. The zero-order valence-electron chi connectivity index (χ0n) is 31.8. The second kappa shape index (κ2) is 20.5. The van der Waals surface area contributed by atoms with Crippen LogP contribution in [0.4, 0.5) is 4.79 Å². The highest BCUT2D eigenvalue weighted by atomic mass is 16.6. The maximum atomic E-state index is 13.6. The van der Waals surface area contributed by atoms with E-state index in [4.69, 9.17) is 18.9 Å². The maximum Gasteiger partial charge on any atom is 0.407 e. The fourth-order valence-electron chi connectivity index (χ4n) is 5.50. The largest absolute Gasteiger partial charge is 0.493 e. The van der Waals surface area contributed by atoms with Crippen LogP contribution in [0.5, 0.6) is 11.5 Å². The topological polar surface area (TPSA) is 136 Å². The molecule has 0 aromatic heterocycles. The van der Waals surface area contributed by atoms with Crippen LogP contribution >= 0.6 is 0 Å². The van der Waals surface area contributed by atoms with Crippen LogP contribution in [0.15, 0.2) is 18.2 Å². The molecule has 0 saturated carbocycles. The number of nitrogens with zero attached hydrogens (tertiary/aromatic N) is 1. The van der Waals surface area contributed by atoms with Crippen LogP contribution in [0.2, 0.25) is 0 Å². The molecule has 276 valence electrons. The van der Waals surface area contributed by atoms with E-state index in [-0.39, 0.29) is 41.9 Å². The Hall–Kier alpha value is -3.05. The van der Waals surface area contributed by atoms with Crippen molar-refractivity contribution >= 4 is 17.9 Å². The van der Waals surface area contributed by atoms with E-state index in [0.717, 1.165) is 12.0 Å². The highest BCUT2D eigenvalue weighted by Gasteiger charge is 2.35. The first-order valence-corrected chi connectivity index (χ1v) is 17.3. The van der Waals surface area contributed by atoms with Crippen molar-refractivity contribution in [2.45, 2.75) is 112 Å². The van der Waals surface area contributed by atoms with Crippen LogP contribution in [-0.2, 0) is 25.5 Å². The van der Waals surface area contributed by atoms with Gasteiger partial charge in [0.2, 0.25) is 11.8 Å². The van der Waals surface area contributed by atoms with Gasteiger partial charge >= 0.3 is 6.09 Å². The number of likely N-dealkylation sites (N-methyl/N-ethyl adjacent to an activating group) is 1. The first-order valence-electron chi connectivity index (χ1n) is 17.3. The Kier molecular flexibility index (Phi) is 18.3. The minimum absolute atomic E-state index is 0.0451. The number of aliphatic hydroxyl groups excluding tert-OH is 1. The van der Waals surface area contributed by atoms with Gasteiger partial charge in [0.25, 0.3) is 0 Å². The van der Waals surface area contributed by atoms with E-state index in [1.54, 1.807) is 49.1 Å². The van der Waals surface area contributed by atoms with Crippen molar-refractivity contribution in [3.8, 4) is 11.5 Å². The molecule has 0 aliphatic carbocycles. The Morgan fingerprint density at radius 1 is 0.875 bits per heavy atom. The van der Waals surface area contributed by atoms with Gasteiger partial charge in [0.1, 0.15) is 11.6 Å². The van der Waals surface area contributed by atoms with Crippen molar-refractivity contribution in [1.29, 1.82) is 0 Å². The molecular weight excluding hydrogens is 614 g/mol. The second-order valence-electron chi connectivity index (χ2n) is 15.0. The summed E-state index contributed by atoms with van der Waals surface area (Å²) in [6.07, 6.45) is 0.244. The number of benzene rings is 1. The third-order valence-corrected chi connectivity index (χ3v) is 8.45.